The zero-order valence-corrected chi connectivity index (χ0v) is 40.4. The van der Waals surface area contributed by atoms with Gasteiger partial charge >= 0.3 is 0 Å². The fraction of sp³-hybridized carbons (Fsp3) is 0.435. The molecule has 8 bridgehead atoms. The van der Waals surface area contributed by atoms with Crippen LogP contribution in [0.1, 0.15) is 92.6 Å². The molecule has 0 aromatic carbocycles. The van der Waals surface area contributed by atoms with Crippen molar-refractivity contribution in [3.8, 4) is 22.5 Å². The first-order chi connectivity index (χ1) is 34.4. The standard InChI is InChI=1S/C23H27N7O5S.C23H27N7O4S/c31-22-19-4-1-3-18(26-19)16-13-25-29(14-16)8-2-11-36(33,34)12-7-24-23(32)21-20(27-22)15-30(28-21)17-5-9-35-10-6-17;31-22-19-4-1-3-18(26-19)16-13-25-29(14-16)8-2-11-35(33)12-7-24-23(32)21-20(27-22)15-30(28-21)17-5-9-34-10-6-17/h1,3-4,13-15,17H,2,5-12H2,(H,24,32)(H,27,31);1,3-4,13-15,17H,2,5-12H2,(H,24,32)(H,27,31). The van der Waals surface area contributed by atoms with Crippen LogP contribution in [0.5, 0.6) is 0 Å². The van der Waals surface area contributed by atoms with E-state index in [1.54, 1.807) is 80.0 Å². The predicted octanol–water partition coefficient (Wildman–Crippen LogP) is 2.92. The number of amides is 4. The SMILES string of the molecule is O=C1Nc2cn(C3CCOCC3)nc2C(=O)NCCS(=O)(=O)CCCn2cc(cn2)-c2cccc1n2.O=C1Nc2cn(C3CCOCC3)nc2C(=O)NCCS(=O)CCCn2cc(cn2)-c2cccc1n2. The zero-order chi connectivity index (χ0) is 49.3. The number of carbonyl (C=O) groups excluding carboxylic acids is 4. The van der Waals surface area contributed by atoms with Gasteiger partial charge in [0.1, 0.15) is 11.4 Å². The van der Waals surface area contributed by atoms with Crippen molar-refractivity contribution in [1.82, 2.24) is 59.7 Å². The van der Waals surface area contributed by atoms with E-state index in [9.17, 15) is 31.8 Å². The number of nitrogens with zero attached hydrogens (tertiary/aromatic N) is 10. The number of ether oxygens (including phenoxy) is 2. The molecule has 6 aromatic heterocycles. The highest BCUT2D eigenvalue weighted by atomic mass is 32.2. The second kappa shape index (κ2) is 22.4. The molecule has 2 saturated heterocycles. The Balaban J connectivity index is 0.000000176. The Morgan fingerprint density at radius 1 is 0.577 bits per heavy atom. The first kappa shape index (κ1) is 49.0. The largest absolute Gasteiger partial charge is 0.381 e. The number of aryl methyl sites for hydroxylation is 2. The molecule has 4 amide bonds. The van der Waals surface area contributed by atoms with E-state index in [0.717, 1.165) is 31.2 Å². The fourth-order valence-corrected chi connectivity index (χ4v) is 10.6. The molecule has 1 atom stereocenters. The smallest absolute Gasteiger partial charge is 0.274 e. The van der Waals surface area contributed by atoms with E-state index in [4.69, 9.17) is 9.47 Å². The highest BCUT2D eigenvalue weighted by Gasteiger charge is 2.27. The molecule has 0 aliphatic carbocycles. The van der Waals surface area contributed by atoms with Crippen molar-refractivity contribution in [2.45, 2.75) is 63.7 Å². The van der Waals surface area contributed by atoms with Crippen LogP contribution in [0.2, 0.25) is 0 Å². The van der Waals surface area contributed by atoms with Gasteiger partial charge in [-0.3, -0.25) is 42.1 Å². The number of sulfone groups is 1. The third-order valence-corrected chi connectivity index (χ3v) is 15.4. The van der Waals surface area contributed by atoms with Crippen molar-refractivity contribution in [3.63, 3.8) is 0 Å². The Bertz CT molecular complexity index is 3020. The van der Waals surface area contributed by atoms with Crippen molar-refractivity contribution in [3.05, 3.63) is 96.4 Å². The quantitative estimate of drug-likeness (QED) is 0.194. The summed E-state index contributed by atoms with van der Waals surface area (Å²) in [6.07, 6.45) is 14.4. The van der Waals surface area contributed by atoms with Crippen LogP contribution in [0.15, 0.2) is 73.6 Å². The Labute approximate surface area is 410 Å². The van der Waals surface area contributed by atoms with Crippen LogP contribution < -0.4 is 21.3 Å². The number of hydrogen-bond donors (Lipinski definition) is 4. The molecule has 23 nitrogen and oxygen atoms in total. The molecule has 0 saturated carbocycles. The molecule has 0 spiro atoms. The van der Waals surface area contributed by atoms with E-state index in [2.05, 4.69) is 51.6 Å². The molecular weight excluding hydrogens is 957 g/mol. The van der Waals surface area contributed by atoms with Gasteiger partial charge < -0.3 is 30.7 Å². The highest BCUT2D eigenvalue weighted by Crippen LogP contribution is 2.27. The summed E-state index contributed by atoms with van der Waals surface area (Å²) in [4.78, 5) is 61.1. The summed E-state index contributed by atoms with van der Waals surface area (Å²) in [5.74, 6) is -1.28. The van der Waals surface area contributed by atoms with E-state index in [-0.39, 0.29) is 65.1 Å². The van der Waals surface area contributed by atoms with Crippen molar-refractivity contribution >= 4 is 55.6 Å². The van der Waals surface area contributed by atoms with Crippen LogP contribution in [-0.4, -0.2) is 148 Å². The monoisotopic (exact) mass is 1010 g/mol. The number of fused-ring (bicyclic) bond motifs is 12. The molecule has 25 heteroatoms. The van der Waals surface area contributed by atoms with Gasteiger partial charge in [-0.05, 0) is 62.8 Å². The summed E-state index contributed by atoms with van der Waals surface area (Å²) in [5, 5.41) is 28.6. The van der Waals surface area contributed by atoms with Gasteiger partial charge in [0.05, 0.1) is 58.7 Å². The summed E-state index contributed by atoms with van der Waals surface area (Å²) in [6, 6.07) is 10.4. The summed E-state index contributed by atoms with van der Waals surface area (Å²) in [6.45, 7) is 3.62. The maximum absolute atomic E-state index is 13.1. The minimum atomic E-state index is -3.38. The second-order valence-corrected chi connectivity index (χ2v) is 21.4. The van der Waals surface area contributed by atoms with Gasteiger partial charge in [-0.2, -0.15) is 20.4 Å². The number of rotatable bonds is 2. The molecule has 1 unspecified atom stereocenters. The van der Waals surface area contributed by atoms with E-state index in [1.807, 2.05) is 12.3 Å². The molecule has 6 aromatic rings. The van der Waals surface area contributed by atoms with E-state index < -0.39 is 44.3 Å². The van der Waals surface area contributed by atoms with E-state index >= 15 is 0 Å². The lowest BCUT2D eigenvalue weighted by Crippen LogP contribution is -2.31. The van der Waals surface area contributed by atoms with Crippen molar-refractivity contribution < 1.29 is 41.3 Å². The van der Waals surface area contributed by atoms with Crippen LogP contribution >= 0.6 is 0 Å². The minimum absolute atomic E-state index is 0.0192. The number of anilines is 2. The summed E-state index contributed by atoms with van der Waals surface area (Å²) < 4.78 is 55.0. The van der Waals surface area contributed by atoms with Crippen molar-refractivity contribution in [2.24, 2.45) is 0 Å². The normalized spacial score (nSPS) is 19.9. The lowest BCUT2D eigenvalue weighted by molar-refractivity contribution is 0.0659. The molecule has 374 valence electrons. The Hall–Kier alpha value is -6.96. The summed E-state index contributed by atoms with van der Waals surface area (Å²) in [7, 11) is -4.45. The minimum Gasteiger partial charge on any atom is -0.381 e. The number of hydrogen-bond acceptors (Lipinski definition) is 15. The van der Waals surface area contributed by atoms with Crippen LogP contribution in [-0.2, 0) is 43.2 Å². The number of aromatic nitrogens is 10. The molecule has 71 heavy (non-hydrogen) atoms. The zero-order valence-electron chi connectivity index (χ0n) is 38.8. The van der Waals surface area contributed by atoms with E-state index in [1.165, 1.54) is 0 Å². The molecule has 4 N–H and O–H groups in total. The molecule has 4 aliphatic rings. The van der Waals surface area contributed by atoms with Crippen LogP contribution in [0, 0.1) is 0 Å². The van der Waals surface area contributed by atoms with Gasteiger partial charge in [0, 0.05) is 111 Å². The van der Waals surface area contributed by atoms with E-state index in [0.29, 0.717) is 86.5 Å². The first-order valence-electron chi connectivity index (χ1n) is 23.5. The molecule has 0 radical (unpaired) electrons. The lowest BCUT2D eigenvalue weighted by atomic mass is 10.1. The molecule has 2 fully saturated rings. The summed E-state index contributed by atoms with van der Waals surface area (Å²) >= 11 is 0. The van der Waals surface area contributed by atoms with Gasteiger partial charge in [-0.25, -0.2) is 18.4 Å². The average Bonchev–Trinajstić information content (AvgIpc) is 4.22. The Kier molecular flexibility index (Phi) is 15.5. The third kappa shape index (κ3) is 12.5. The van der Waals surface area contributed by atoms with Gasteiger partial charge in [-0.1, -0.05) is 12.1 Å². The topological polar surface area (TPSA) is 283 Å². The highest BCUT2D eigenvalue weighted by molar-refractivity contribution is 7.91. The number of pyridine rings is 2. The van der Waals surface area contributed by atoms with Crippen LogP contribution in [0.4, 0.5) is 11.4 Å². The molecule has 10 heterocycles. The fourth-order valence-electron chi connectivity index (χ4n) is 8.43. The van der Waals surface area contributed by atoms with Gasteiger partial charge in [0.25, 0.3) is 23.6 Å². The second-order valence-electron chi connectivity index (χ2n) is 17.4. The number of nitrogens with one attached hydrogen (secondary N) is 4. The first-order valence-corrected chi connectivity index (χ1v) is 26.8. The average molecular weight is 1010 g/mol. The lowest BCUT2D eigenvalue weighted by Gasteiger charge is -2.22. The van der Waals surface area contributed by atoms with Crippen molar-refractivity contribution in [1.29, 1.82) is 0 Å². The molecule has 10 rings (SSSR count). The maximum atomic E-state index is 13.1. The maximum Gasteiger partial charge on any atom is 0.274 e. The predicted molar refractivity (Wildman–Crippen MR) is 260 cm³/mol. The Morgan fingerprint density at radius 2 is 1.06 bits per heavy atom. The number of carbonyl (C=O) groups is 4. The summed E-state index contributed by atoms with van der Waals surface area (Å²) in [5.41, 5.74) is 3.74. The van der Waals surface area contributed by atoms with Crippen LogP contribution in [0.25, 0.3) is 22.5 Å². The van der Waals surface area contributed by atoms with Gasteiger partial charge in [0.15, 0.2) is 21.2 Å². The Morgan fingerprint density at radius 3 is 1.58 bits per heavy atom. The van der Waals surface area contributed by atoms with Crippen molar-refractivity contribution in [2.75, 3.05) is 73.2 Å². The van der Waals surface area contributed by atoms with Gasteiger partial charge in [-0.15, -0.1) is 0 Å². The van der Waals surface area contributed by atoms with Crippen LogP contribution in [0.3, 0.4) is 0 Å². The molecular formula is C46H54N14O9S2. The third-order valence-electron chi connectivity index (χ3n) is 12.3. The molecule has 4 aliphatic heterocycles. The van der Waals surface area contributed by atoms with Gasteiger partial charge in [0.2, 0.25) is 0 Å².